The fourth-order valence-corrected chi connectivity index (χ4v) is 1.21. The number of anilines is 1. The van der Waals surface area contributed by atoms with Crippen molar-refractivity contribution in [2.24, 2.45) is 0 Å². The topological polar surface area (TPSA) is 49.3 Å². The predicted molar refractivity (Wildman–Crippen MR) is 55.1 cm³/mol. The van der Waals surface area contributed by atoms with E-state index in [1.165, 1.54) is 23.9 Å². The highest BCUT2D eigenvalue weighted by molar-refractivity contribution is 7.99. The van der Waals surface area contributed by atoms with Crippen LogP contribution in [0.1, 0.15) is 0 Å². The third-order valence-electron chi connectivity index (χ3n) is 1.43. The van der Waals surface area contributed by atoms with Crippen molar-refractivity contribution < 1.29 is 9.90 Å². The van der Waals surface area contributed by atoms with Gasteiger partial charge < -0.3 is 10.4 Å². The van der Waals surface area contributed by atoms with Gasteiger partial charge >= 0.3 is 0 Å². The fourth-order valence-electron chi connectivity index (χ4n) is 0.873. The van der Waals surface area contributed by atoms with Gasteiger partial charge in [-0.2, -0.15) is 11.8 Å². The van der Waals surface area contributed by atoms with Crippen molar-refractivity contribution in [2.45, 2.75) is 0 Å². The molecule has 0 fully saturated rings. The maximum absolute atomic E-state index is 11.1. The van der Waals surface area contributed by atoms with Gasteiger partial charge in [0.15, 0.2) is 0 Å². The highest BCUT2D eigenvalue weighted by Gasteiger charge is 1.99. The van der Waals surface area contributed by atoms with Gasteiger partial charge in [0.25, 0.3) is 0 Å². The van der Waals surface area contributed by atoms with Gasteiger partial charge in [-0.05, 0) is 30.5 Å². The van der Waals surface area contributed by atoms with Crippen molar-refractivity contribution in [3.8, 4) is 5.75 Å². The Bertz CT molecular complexity index is 284. The van der Waals surface area contributed by atoms with E-state index in [4.69, 9.17) is 5.11 Å². The van der Waals surface area contributed by atoms with Crippen molar-refractivity contribution in [3.05, 3.63) is 24.3 Å². The second kappa shape index (κ2) is 4.77. The molecule has 1 aromatic rings. The molecule has 0 radical (unpaired) electrons. The number of carbonyl (C=O) groups excluding carboxylic acids is 1. The molecular weight excluding hydrogens is 186 g/mol. The summed E-state index contributed by atoms with van der Waals surface area (Å²) in [5.41, 5.74) is 0.705. The molecule has 2 N–H and O–H groups in total. The quantitative estimate of drug-likeness (QED) is 0.725. The van der Waals surface area contributed by atoms with E-state index in [1.54, 1.807) is 12.1 Å². The van der Waals surface area contributed by atoms with Gasteiger partial charge in [0, 0.05) is 5.69 Å². The molecule has 4 heteroatoms. The van der Waals surface area contributed by atoms with Crippen LogP contribution in [-0.2, 0) is 4.79 Å². The molecule has 0 aliphatic rings. The van der Waals surface area contributed by atoms with Crippen LogP contribution in [0.2, 0.25) is 0 Å². The number of carbonyl (C=O) groups is 1. The molecule has 1 amide bonds. The first-order valence-electron chi connectivity index (χ1n) is 3.80. The first-order chi connectivity index (χ1) is 6.22. The van der Waals surface area contributed by atoms with E-state index in [1.807, 2.05) is 6.26 Å². The molecule has 0 aromatic heterocycles. The van der Waals surface area contributed by atoms with Crippen molar-refractivity contribution in [1.29, 1.82) is 0 Å². The maximum Gasteiger partial charge on any atom is 0.234 e. The molecule has 0 heterocycles. The second-order valence-electron chi connectivity index (χ2n) is 2.53. The molecule has 13 heavy (non-hydrogen) atoms. The summed E-state index contributed by atoms with van der Waals surface area (Å²) >= 11 is 1.47. The molecule has 0 unspecified atom stereocenters. The largest absolute Gasteiger partial charge is 0.508 e. The van der Waals surface area contributed by atoms with Gasteiger partial charge in [-0.25, -0.2) is 0 Å². The number of nitrogens with one attached hydrogen (secondary N) is 1. The van der Waals surface area contributed by atoms with E-state index < -0.39 is 0 Å². The molecule has 1 rings (SSSR count). The summed E-state index contributed by atoms with van der Waals surface area (Å²) in [4.78, 5) is 11.1. The minimum absolute atomic E-state index is 0.0295. The highest BCUT2D eigenvalue weighted by Crippen LogP contribution is 2.13. The zero-order valence-corrected chi connectivity index (χ0v) is 8.10. The first kappa shape index (κ1) is 9.92. The van der Waals surface area contributed by atoms with Crippen molar-refractivity contribution in [2.75, 3.05) is 17.3 Å². The van der Waals surface area contributed by atoms with Crippen LogP contribution in [0.15, 0.2) is 24.3 Å². The standard InChI is InChI=1S/C9H11NO2S/c1-13-6-9(12)10-7-2-4-8(11)5-3-7/h2-5,11H,6H2,1H3,(H,10,12). The number of phenols is 1. The summed E-state index contributed by atoms with van der Waals surface area (Å²) in [5.74, 6) is 0.613. The Morgan fingerprint density at radius 2 is 2.08 bits per heavy atom. The van der Waals surface area contributed by atoms with E-state index >= 15 is 0 Å². The molecule has 0 aliphatic heterocycles. The summed E-state index contributed by atoms with van der Waals surface area (Å²) in [7, 11) is 0. The van der Waals surface area contributed by atoms with Gasteiger partial charge in [-0.15, -0.1) is 0 Å². The Morgan fingerprint density at radius 3 is 2.62 bits per heavy atom. The first-order valence-corrected chi connectivity index (χ1v) is 5.19. The Morgan fingerprint density at radius 1 is 1.46 bits per heavy atom. The van der Waals surface area contributed by atoms with Crippen LogP contribution in [-0.4, -0.2) is 23.0 Å². The van der Waals surface area contributed by atoms with E-state index in [0.717, 1.165) is 0 Å². The van der Waals surface area contributed by atoms with Crippen molar-refractivity contribution in [3.63, 3.8) is 0 Å². The van der Waals surface area contributed by atoms with E-state index in [9.17, 15) is 4.79 Å². The van der Waals surface area contributed by atoms with Gasteiger partial charge in [-0.1, -0.05) is 0 Å². The van der Waals surface area contributed by atoms with E-state index in [-0.39, 0.29) is 11.7 Å². The van der Waals surface area contributed by atoms with Crippen LogP contribution < -0.4 is 5.32 Å². The van der Waals surface area contributed by atoms with Gasteiger partial charge in [0.2, 0.25) is 5.91 Å². The number of aromatic hydroxyl groups is 1. The average molecular weight is 197 g/mol. The molecule has 1 aromatic carbocycles. The number of phenolic OH excluding ortho intramolecular Hbond substituents is 1. The Kier molecular flexibility index (Phi) is 3.64. The van der Waals surface area contributed by atoms with Gasteiger partial charge in [0.1, 0.15) is 5.75 Å². The molecule has 0 bridgehead atoms. The van der Waals surface area contributed by atoms with Crippen LogP contribution in [0.3, 0.4) is 0 Å². The number of amides is 1. The normalized spacial score (nSPS) is 9.62. The highest BCUT2D eigenvalue weighted by atomic mass is 32.2. The van der Waals surface area contributed by atoms with Crippen LogP contribution in [0.25, 0.3) is 0 Å². The summed E-state index contributed by atoms with van der Waals surface area (Å²) in [6, 6.07) is 6.39. The lowest BCUT2D eigenvalue weighted by molar-refractivity contribution is -0.113. The molecule has 0 saturated carbocycles. The smallest absolute Gasteiger partial charge is 0.234 e. The lowest BCUT2D eigenvalue weighted by Crippen LogP contribution is -2.13. The summed E-state index contributed by atoms with van der Waals surface area (Å²) < 4.78 is 0. The van der Waals surface area contributed by atoms with E-state index in [2.05, 4.69) is 5.32 Å². The molecule has 70 valence electrons. The fraction of sp³-hybridized carbons (Fsp3) is 0.222. The number of benzene rings is 1. The van der Waals surface area contributed by atoms with Gasteiger partial charge in [0.05, 0.1) is 5.75 Å². The summed E-state index contributed by atoms with van der Waals surface area (Å²) in [6.07, 6.45) is 1.87. The van der Waals surface area contributed by atoms with Crippen molar-refractivity contribution in [1.82, 2.24) is 0 Å². The van der Waals surface area contributed by atoms with Crippen LogP contribution >= 0.6 is 11.8 Å². The number of rotatable bonds is 3. The zero-order valence-electron chi connectivity index (χ0n) is 7.28. The van der Waals surface area contributed by atoms with Gasteiger partial charge in [-0.3, -0.25) is 4.79 Å². The number of hydrogen-bond donors (Lipinski definition) is 2. The van der Waals surface area contributed by atoms with E-state index in [0.29, 0.717) is 11.4 Å². The molecule has 3 nitrogen and oxygen atoms in total. The number of hydrogen-bond acceptors (Lipinski definition) is 3. The summed E-state index contributed by atoms with van der Waals surface area (Å²) in [5, 5.41) is 11.7. The minimum Gasteiger partial charge on any atom is -0.508 e. The van der Waals surface area contributed by atoms with Crippen LogP contribution in [0, 0.1) is 0 Å². The lowest BCUT2D eigenvalue weighted by atomic mass is 10.3. The predicted octanol–water partition coefficient (Wildman–Crippen LogP) is 1.69. The Hall–Kier alpha value is -1.16. The van der Waals surface area contributed by atoms with Crippen LogP contribution in [0.5, 0.6) is 5.75 Å². The molecular formula is C9H11NO2S. The third-order valence-corrected chi connectivity index (χ3v) is 1.98. The molecule has 0 atom stereocenters. The molecule has 0 aliphatic carbocycles. The second-order valence-corrected chi connectivity index (χ2v) is 3.39. The Balaban J connectivity index is 2.54. The monoisotopic (exact) mass is 197 g/mol. The van der Waals surface area contributed by atoms with Crippen LogP contribution in [0.4, 0.5) is 5.69 Å². The molecule has 0 saturated heterocycles. The maximum atomic E-state index is 11.1. The van der Waals surface area contributed by atoms with Crippen molar-refractivity contribution >= 4 is 23.4 Å². The Labute approximate surface area is 81.2 Å². The zero-order chi connectivity index (χ0) is 9.68. The lowest BCUT2D eigenvalue weighted by Gasteiger charge is -2.03. The summed E-state index contributed by atoms with van der Waals surface area (Å²) in [6.45, 7) is 0. The SMILES string of the molecule is CSCC(=O)Nc1ccc(O)cc1. The average Bonchev–Trinajstić information content (AvgIpc) is 2.09. The third kappa shape index (κ3) is 3.38. The number of thioether (sulfide) groups is 1. The minimum atomic E-state index is -0.0295. The molecule has 0 spiro atoms.